The van der Waals surface area contributed by atoms with E-state index in [9.17, 15) is 4.79 Å². The van der Waals surface area contributed by atoms with Crippen LogP contribution in [0.4, 0.5) is 0 Å². The van der Waals surface area contributed by atoms with Crippen LogP contribution in [0.5, 0.6) is 17.2 Å². The van der Waals surface area contributed by atoms with Gasteiger partial charge in [-0.05, 0) is 52.6 Å². The molecule has 24 heavy (non-hydrogen) atoms. The van der Waals surface area contributed by atoms with Crippen LogP contribution >= 0.6 is 11.3 Å². The van der Waals surface area contributed by atoms with Gasteiger partial charge >= 0.3 is 0 Å². The lowest BCUT2D eigenvalue weighted by Crippen LogP contribution is -2.23. The van der Waals surface area contributed by atoms with Crippen LogP contribution in [0, 0.1) is 0 Å². The van der Waals surface area contributed by atoms with Crippen molar-refractivity contribution >= 4 is 23.3 Å². The summed E-state index contributed by atoms with van der Waals surface area (Å²) in [6, 6.07) is 5.63. The Kier molecular flexibility index (Phi) is 6.69. The van der Waals surface area contributed by atoms with E-state index in [0.717, 1.165) is 12.0 Å². The van der Waals surface area contributed by atoms with Crippen molar-refractivity contribution in [3.8, 4) is 17.2 Å². The highest BCUT2D eigenvalue weighted by molar-refractivity contribution is 7.07. The summed E-state index contributed by atoms with van der Waals surface area (Å²) in [4.78, 5) is 11.9. The van der Waals surface area contributed by atoms with Crippen LogP contribution in [-0.4, -0.2) is 33.8 Å². The zero-order valence-electron chi connectivity index (χ0n) is 14.0. The minimum Gasteiger partial charge on any atom is -0.493 e. The highest BCUT2D eigenvalue weighted by atomic mass is 32.1. The molecular formula is C18H21NO4S. The molecule has 128 valence electrons. The van der Waals surface area contributed by atoms with E-state index in [4.69, 9.17) is 14.2 Å². The molecule has 0 atom stereocenters. The number of carbonyl (C=O) groups is 1. The Morgan fingerprint density at radius 1 is 1.17 bits per heavy atom. The molecule has 0 radical (unpaired) electrons. The van der Waals surface area contributed by atoms with Crippen molar-refractivity contribution in [2.45, 2.75) is 6.42 Å². The van der Waals surface area contributed by atoms with E-state index < -0.39 is 0 Å². The number of methoxy groups -OCH3 is 3. The number of nitrogens with one attached hydrogen (secondary N) is 1. The predicted octanol–water partition coefficient (Wildman–Crippen LogP) is 3.15. The molecule has 0 saturated heterocycles. The van der Waals surface area contributed by atoms with Gasteiger partial charge in [-0.3, -0.25) is 4.79 Å². The zero-order chi connectivity index (χ0) is 17.4. The van der Waals surface area contributed by atoms with E-state index in [2.05, 4.69) is 16.8 Å². The fourth-order valence-electron chi connectivity index (χ4n) is 2.19. The van der Waals surface area contributed by atoms with E-state index in [1.165, 1.54) is 11.6 Å². The second-order valence-corrected chi connectivity index (χ2v) is 5.74. The molecule has 0 bridgehead atoms. The van der Waals surface area contributed by atoms with Crippen LogP contribution in [0.3, 0.4) is 0 Å². The first kappa shape index (κ1) is 17.9. The number of hydrogen-bond acceptors (Lipinski definition) is 5. The molecule has 1 aromatic heterocycles. The zero-order valence-corrected chi connectivity index (χ0v) is 14.8. The van der Waals surface area contributed by atoms with Gasteiger partial charge in [0, 0.05) is 12.6 Å². The Morgan fingerprint density at radius 2 is 1.88 bits per heavy atom. The van der Waals surface area contributed by atoms with E-state index in [1.54, 1.807) is 50.9 Å². The molecule has 0 unspecified atom stereocenters. The maximum absolute atomic E-state index is 11.9. The third kappa shape index (κ3) is 4.76. The van der Waals surface area contributed by atoms with Crippen molar-refractivity contribution in [3.63, 3.8) is 0 Å². The quantitative estimate of drug-likeness (QED) is 0.746. The monoisotopic (exact) mass is 347 g/mol. The second kappa shape index (κ2) is 8.98. The van der Waals surface area contributed by atoms with Crippen molar-refractivity contribution in [2.75, 3.05) is 27.9 Å². The molecule has 0 aliphatic rings. The summed E-state index contributed by atoms with van der Waals surface area (Å²) in [5.74, 6) is 1.49. The van der Waals surface area contributed by atoms with Crippen LogP contribution in [0.15, 0.2) is 35.0 Å². The predicted molar refractivity (Wildman–Crippen MR) is 96.2 cm³/mol. The van der Waals surface area contributed by atoms with E-state index in [-0.39, 0.29) is 5.91 Å². The highest BCUT2D eigenvalue weighted by Crippen LogP contribution is 2.38. The topological polar surface area (TPSA) is 56.8 Å². The normalized spacial score (nSPS) is 10.6. The third-order valence-corrected chi connectivity index (χ3v) is 4.14. The molecule has 1 aromatic carbocycles. The first-order valence-electron chi connectivity index (χ1n) is 7.45. The molecular weight excluding hydrogens is 326 g/mol. The molecule has 1 heterocycles. The Bertz CT molecular complexity index is 670. The summed E-state index contributed by atoms with van der Waals surface area (Å²) in [5, 5.41) is 6.97. The molecule has 2 aromatic rings. The van der Waals surface area contributed by atoms with Gasteiger partial charge < -0.3 is 19.5 Å². The number of benzene rings is 1. The van der Waals surface area contributed by atoms with Crippen molar-refractivity contribution in [2.24, 2.45) is 0 Å². The lowest BCUT2D eigenvalue weighted by Gasteiger charge is -2.12. The molecule has 1 N–H and O–H groups in total. The molecule has 0 fully saturated rings. The second-order valence-electron chi connectivity index (χ2n) is 4.96. The number of rotatable bonds is 8. The number of ether oxygens (including phenoxy) is 3. The van der Waals surface area contributed by atoms with Crippen molar-refractivity contribution in [3.05, 3.63) is 46.2 Å². The minimum absolute atomic E-state index is 0.140. The molecule has 0 spiro atoms. The number of thiophene rings is 1. The van der Waals surface area contributed by atoms with Gasteiger partial charge in [-0.15, -0.1) is 0 Å². The standard InChI is InChI=1S/C18H21NO4S/c1-21-15-10-14(11-16(22-2)18(15)23-3)4-5-17(20)19-8-6-13-7-9-24-12-13/h4-5,7,9-12H,6,8H2,1-3H3,(H,19,20). The summed E-state index contributed by atoms with van der Waals surface area (Å²) in [6.45, 7) is 0.606. The first-order valence-corrected chi connectivity index (χ1v) is 8.39. The molecule has 0 aliphatic heterocycles. The van der Waals surface area contributed by atoms with Crippen LogP contribution in [0.25, 0.3) is 6.08 Å². The molecule has 2 rings (SSSR count). The van der Waals surface area contributed by atoms with Gasteiger partial charge in [0.05, 0.1) is 21.3 Å². The van der Waals surface area contributed by atoms with Crippen LogP contribution in [-0.2, 0) is 11.2 Å². The van der Waals surface area contributed by atoms with Crippen molar-refractivity contribution in [1.29, 1.82) is 0 Å². The maximum atomic E-state index is 11.9. The SMILES string of the molecule is COc1cc(C=CC(=O)NCCc2ccsc2)cc(OC)c1OC. The van der Waals surface area contributed by atoms with Crippen LogP contribution in [0.1, 0.15) is 11.1 Å². The maximum Gasteiger partial charge on any atom is 0.244 e. The Balaban J connectivity index is 1.98. The van der Waals surface area contributed by atoms with Gasteiger partial charge in [-0.25, -0.2) is 0 Å². The summed E-state index contributed by atoms with van der Waals surface area (Å²) in [5.41, 5.74) is 2.02. The average Bonchev–Trinajstić information content (AvgIpc) is 3.12. The fraction of sp³-hybridized carbons (Fsp3) is 0.278. The van der Waals surface area contributed by atoms with Gasteiger partial charge in [0.25, 0.3) is 0 Å². The summed E-state index contributed by atoms with van der Waals surface area (Å²) in [7, 11) is 4.67. The minimum atomic E-state index is -0.140. The van der Waals surface area contributed by atoms with Gasteiger partial charge in [0.2, 0.25) is 11.7 Å². The smallest absolute Gasteiger partial charge is 0.244 e. The molecule has 6 heteroatoms. The lowest BCUT2D eigenvalue weighted by atomic mass is 10.1. The molecule has 1 amide bonds. The van der Waals surface area contributed by atoms with Crippen molar-refractivity contribution < 1.29 is 19.0 Å². The Labute approximate surface area is 145 Å². The molecule has 0 saturated carbocycles. The Hall–Kier alpha value is -2.47. The van der Waals surface area contributed by atoms with E-state index in [0.29, 0.717) is 23.8 Å². The third-order valence-electron chi connectivity index (χ3n) is 3.41. The summed E-state index contributed by atoms with van der Waals surface area (Å²) >= 11 is 1.66. The van der Waals surface area contributed by atoms with Gasteiger partial charge in [-0.1, -0.05) is 0 Å². The number of amides is 1. The van der Waals surface area contributed by atoms with Crippen LogP contribution < -0.4 is 19.5 Å². The molecule has 0 aliphatic carbocycles. The number of hydrogen-bond donors (Lipinski definition) is 1. The summed E-state index contributed by atoms with van der Waals surface area (Å²) in [6.07, 6.45) is 4.03. The molecule has 5 nitrogen and oxygen atoms in total. The number of carbonyl (C=O) groups excluding carboxylic acids is 1. The largest absolute Gasteiger partial charge is 0.493 e. The average molecular weight is 347 g/mol. The van der Waals surface area contributed by atoms with Gasteiger partial charge in [-0.2, -0.15) is 11.3 Å². The van der Waals surface area contributed by atoms with Crippen molar-refractivity contribution in [1.82, 2.24) is 5.32 Å². The lowest BCUT2D eigenvalue weighted by molar-refractivity contribution is -0.116. The van der Waals surface area contributed by atoms with E-state index in [1.807, 2.05) is 5.38 Å². The Morgan fingerprint density at radius 3 is 2.42 bits per heavy atom. The fourth-order valence-corrected chi connectivity index (χ4v) is 2.90. The van der Waals surface area contributed by atoms with Gasteiger partial charge in [0.1, 0.15) is 0 Å². The van der Waals surface area contributed by atoms with Gasteiger partial charge in [0.15, 0.2) is 11.5 Å². The van der Waals surface area contributed by atoms with E-state index >= 15 is 0 Å². The van der Waals surface area contributed by atoms with Crippen LogP contribution in [0.2, 0.25) is 0 Å². The summed E-state index contributed by atoms with van der Waals surface area (Å²) < 4.78 is 15.9. The highest BCUT2D eigenvalue weighted by Gasteiger charge is 2.12. The first-order chi connectivity index (χ1) is 11.7.